The van der Waals surface area contributed by atoms with Crippen LogP contribution in [0.25, 0.3) is 0 Å². The zero-order chi connectivity index (χ0) is 17.1. The number of ether oxygens (including phenoxy) is 2. The predicted molar refractivity (Wildman–Crippen MR) is 84.8 cm³/mol. The van der Waals surface area contributed by atoms with E-state index in [1.54, 1.807) is 19.1 Å². The number of benzene rings is 1. The second-order valence-corrected chi connectivity index (χ2v) is 4.92. The van der Waals surface area contributed by atoms with Gasteiger partial charge in [0.2, 0.25) is 0 Å². The molecule has 0 aliphatic carbocycles. The molecule has 5 heteroatoms. The molecule has 0 spiro atoms. The molecule has 0 saturated carbocycles. The second-order valence-electron chi connectivity index (χ2n) is 4.92. The van der Waals surface area contributed by atoms with E-state index >= 15 is 0 Å². The number of aliphatic hydroxyl groups excluding tert-OH is 1. The number of hydrogen-bond acceptors (Lipinski definition) is 5. The summed E-state index contributed by atoms with van der Waals surface area (Å²) in [5.74, 6) is -1.22. The van der Waals surface area contributed by atoms with Gasteiger partial charge in [-0.2, -0.15) is 0 Å². The van der Waals surface area contributed by atoms with E-state index in [9.17, 15) is 9.59 Å². The molecule has 22 heavy (non-hydrogen) atoms. The van der Waals surface area contributed by atoms with Gasteiger partial charge in [0.1, 0.15) is 6.61 Å². The first kappa shape index (κ1) is 19.9. The second kappa shape index (κ2) is 10.6. The molecule has 0 radical (unpaired) electrons. The fourth-order valence-corrected chi connectivity index (χ4v) is 1.32. The molecular weight excluding hydrogens is 284 g/mol. The van der Waals surface area contributed by atoms with E-state index in [0.29, 0.717) is 0 Å². The number of carbonyl (C=O) groups is 2. The van der Waals surface area contributed by atoms with Crippen molar-refractivity contribution >= 4 is 11.9 Å². The average Bonchev–Trinajstić information content (AvgIpc) is 2.44. The van der Waals surface area contributed by atoms with Gasteiger partial charge in [-0.25, -0.2) is 9.59 Å². The minimum absolute atomic E-state index is 0.115. The van der Waals surface area contributed by atoms with Gasteiger partial charge in [0, 0.05) is 0 Å². The van der Waals surface area contributed by atoms with Gasteiger partial charge in [0.15, 0.2) is 0 Å². The van der Waals surface area contributed by atoms with Gasteiger partial charge in [-0.3, -0.25) is 0 Å². The van der Waals surface area contributed by atoms with Crippen molar-refractivity contribution in [2.45, 2.75) is 33.8 Å². The molecule has 122 valence electrons. The van der Waals surface area contributed by atoms with Gasteiger partial charge in [-0.15, -0.1) is 6.58 Å². The summed E-state index contributed by atoms with van der Waals surface area (Å²) in [6, 6.07) is 6.24. The third-order valence-electron chi connectivity index (χ3n) is 2.10. The van der Waals surface area contributed by atoms with E-state index in [4.69, 9.17) is 14.6 Å². The van der Waals surface area contributed by atoms with Crippen LogP contribution in [0.3, 0.4) is 0 Å². The fourth-order valence-electron chi connectivity index (χ4n) is 1.32. The Kier molecular flexibility index (Phi) is 9.54. The maximum Gasteiger partial charge on any atom is 0.339 e. The summed E-state index contributed by atoms with van der Waals surface area (Å²) in [6.07, 6.45) is -0.747. The SMILES string of the molecule is C=C(C)C.CCOC(=O)c1ccccc1C(=O)OCC(C)O. The van der Waals surface area contributed by atoms with Crippen LogP contribution in [0.2, 0.25) is 0 Å². The van der Waals surface area contributed by atoms with Crippen molar-refractivity contribution in [1.29, 1.82) is 0 Å². The minimum Gasteiger partial charge on any atom is -0.462 e. The maximum atomic E-state index is 11.7. The highest BCUT2D eigenvalue weighted by atomic mass is 16.5. The van der Waals surface area contributed by atoms with E-state index in [1.165, 1.54) is 24.6 Å². The molecule has 1 unspecified atom stereocenters. The largest absolute Gasteiger partial charge is 0.462 e. The quantitative estimate of drug-likeness (QED) is 0.668. The lowest BCUT2D eigenvalue weighted by Gasteiger charge is -2.09. The molecule has 1 rings (SSSR count). The minimum atomic E-state index is -0.747. The van der Waals surface area contributed by atoms with Crippen LogP contribution in [-0.2, 0) is 9.47 Å². The highest BCUT2D eigenvalue weighted by Gasteiger charge is 2.18. The maximum absolute atomic E-state index is 11.7. The summed E-state index contributed by atoms with van der Waals surface area (Å²) >= 11 is 0. The standard InChI is InChI=1S/C13H16O5.C4H8/c1-3-17-12(15)10-6-4-5-7-11(10)13(16)18-8-9(2)14;1-4(2)3/h4-7,9,14H,3,8H2,1-2H3;1H2,2-3H3. The van der Waals surface area contributed by atoms with Crippen molar-refractivity contribution in [3.63, 3.8) is 0 Å². The van der Waals surface area contributed by atoms with Crippen LogP contribution in [0.15, 0.2) is 36.4 Å². The van der Waals surface area contributed by atoms with Gasteiger partial charge in [-0.1, -0.05) is 17.7 Å². The number of hydrogen-bond donors (Lipinski definition) is 1. The molecule has 0 saturated heterocycles. The van der Waals surface area contributed by atoms with E-state index in [1.807, 2.05) is 13.8 Å². The molecule has 0 bridgehead atoms. The van der Waals surface area contributed by atoms with Crippen LogP contribution >= 0.6 is 0 Å². The van der Waals surface area contributed by atoms with Crippen LogP contribution in [-0.4, -0.2) is 36.4 Å². The van der Waals surface area contributed by atoms with Crippen molar-refractivity contribution < 1.29 is 24.2 Å². The molecule has 1 aromatic rings. The summed E-state index contributed by atoms with van der Waals surface area (Å²) in [5.41, 5.74) is 1.46. The Bertz CT molecular complexity index is 502. The van der Waals surface area contributed by atoms with Crippen molar-refractivity contribution in [1.82, 2.24) is 0 Å². The summed E-state index contributed by atoms with van der Waals surface area (Å²) in [6.45, 7) is 10.8. The van der Waals surface area contributed by atoms with Crippen molar-refractivity contribution in [2.75, 3.05) is 13.2 Å². The molecule has 1 aromatic carbocycles. The van der Waals surface area contributed by atoms with Gasteiger partial charge in [0.05, 0.1) is 23.8 Å². The summed E-state index contributed by atoms with van der Waals surface area (Å²) in [5, 5.41) is 9.04. The van der Waals surface area contributed by atoms with Crippen molar-refractivity contribution in [3.8, 4) is 0 Å². The van der Waals surface area contributed by atoms with Gasteiger partial charge < -0.3 is 14.6 Å². The number of allylic oxidation sites excluding steroid dienone is 1. The Balaban J connectivity index is 0.000000980. The lowest BCUT2D eigenvalue weighted by Crippen LogP contribution is -2.18. The topological polar surface area (TPSA) is 72.8 Å². The average molecular weight is 308 g/mol. The van der Waals surface area contributed by atoms with Crippen molar-refractivity contribution in [2.24, 2.45) is 0 Å². The Hall–Kier alpha value is -2.14. The number of esters is 2. The summed E-state index contributed by atoms with van der Waals surface area (Å²) < 4.78 is 9.71. The molecule has 0 aliphatic heterocycles. The number of aliphatic hydroxyl groups is 1. The van der Waals surface area contributed by atoms with E-state index < -0.39 is 18.0 Å². The normalized spacial score (nSPS) is 10.8. The molecule has 5 nitrogen and oxygen atoms in total. The van der Waals surface area contributed by atoms with Gasteiger partial charge in [0.25, 0.3) is 0 Å². The molecule has 0 heterocycles. The number of rotatable bonds is 5. The third kappa shape index (κ3) is 8.21. The van der Waals surface area contributed by atoms with Crippen LogP contribution in [0.4, 0.5) is 0 Å². The van der Waals surface area contributed by atoms with E-state index in [0.717, 1.165) is 0 Å². The van der Waals surface area contributed by atoms with Crippen molar-refractivity contribution in [3.05, 3.63) is 47.5 Å². The van der Waals surface area contributed by atoms with Crippen LogP contribution in [0, 0.1) is 0 Å². The first-order valence-electron chi connectivity index (χ1n) is 7.03. The van der Waals surface area contributed by atoms with E-state index in [2.05, 4.69) is 6.58 Å². The highest BCUT2D eigenvalue weighted by molar-refractivity contribution is 6.03. The first-order chi connectivity index (χ1) is 10.3. The van der Waals surface area contributed by atoms with Crippen LogP contribution in [0.5, 0.6) is 0 Å². The fraction of sp³-hybridized carbons (Fsp3) is 0.412. The Morgan fingerprint density at radius 3 is 1.91 bits per heavy atom. The summed E-state index contributed by atoms with van der Waals surface area (Å²) in [7, 11) is 0. The van der Waals surface area contributed by atoms with Gasteiger partial charge in [-0.05, 0) is 39.8 Å². The van der Waals surface area contributed by atoms with Crippen LogP contribution in [0.1, 0.15) is 48.4 Å². The first-order valence-corrected chi connectivity index (χ1v) is 7.03. The van der Waals surface area contributed by atoms with E-state index in [-0.39, 0.29) is 24.3 Å². The van der Waals surface area contributed by atoms with Crippen LogP contribution < -0.4 is 0 Å². The Labute approximate surface area is 131 Å². The summed E-state index contributed by atoms with van der Waals surface area (Å²) in [4.78, 5) is 23.4. The third-order valence-corrected chi connectivity index (χ3v) is 2.10. The Morgan fingerprint density at radius 2 is 1.55 bits per heavy atom. The molecule has 0 amide bonds. The lowest BCUT2D eigenvalue weighted by atomic mass is 10.1. The predicted octanol–water partition coefficient (Wildman–Crippen LogP) is 2.98. The monoisotopic (exact) mass is 308 g/mol. The molecular formula is C17H24O5. The molecule has 0 aliphatic rings. The molecule has 0 aromatic heterocycles. The smallest absolute Gasteiger partial charge is 0.339 e. The molecule has 1 N–H and O–H groups in total. The lowest BCUT2D eigenvalue weighted by molar-refractivity contribution is 0.0289. The zero-order valence-electron chi connectivity index (χ0n) is 13.6. The Morgan fingerprint density at radius 1 is 1.14 bits per heavy atom. The number of carbonyl (C=O) groups excluding carboxylic acids is 2. The molecule has 1 atom stereocenters. The highest BCUT2D eigenvalue weighted by Crippen LogP contribution is 2.12. The zero-order valence-corrected chi connectivity index (χ0v) is 13.6. The van der Waals surface area contributed by atoms with Gasteiger partial charge >= 0.3 is 11.9 Å². The molecule has 0 fully saturated rings.